The van der Waals surface area contributed by atoms with E-state index in [9.17, 15) is 0 Å². The number of rotatable bonds is 5. The molecule has 1 N–H and O–H groups in total. The fourth-order valence-corrected chi connectivity index (χ4v) is 1.44. The Morgan fingerprint density at radius 1 is 1.27 bits per heavy atom. The van der Waals surface area contributed by atoms with E-state index in [1.165, 1.54) is 0 Å². The van der Waals surface area contributed by atoms with E-state index in [0.717, 1.165) is 17.9 Å². The van der Waals surface area contributed by atoms with Gasteiger partial charge < -0.3 is 10.0 Å². The van der Waals surface area contributed by atoms with Gasteiger partial charge in [0.2, 0.25) is 0 Å². The van der Waals surface area contributed by atoms with Gasteiger partial charge in [-0.15, -0.1) is 0 Å². The summed E-state index contributed by atoms with van der Waals surface area (Å²) in [7, 11) is 1.65. The van der Waals surface area contributed by atoms with Gasteiger partial charge in [-0.1, -0.05) is 0 Å². The average molecular weight is 207 g/mol. The van der Waals surface area contributed by atoms with Crippen LogP contribution in [0.1, 0.15) is 6.92 Å². The summed E-state index contributed by atoms with van der Waals surface area (Å²) >= 11 is 0. The third kappa shape index (κ3) is 3.32. The van der Waals surface area contributed by atoms with Crippen molar-refractivity contribution in [3.05, 3.63) is 24.3 Å². The predicted molar refractivity (Wildman–Crippen MR) is 61.9 cm³/mol. The summed E-state index contributed by atoms with van der Waals surface area (Å²) in [6.45, 7) is 3.78. The van der Waals surface area contributed by atoms with Gasteiger partial charge in [-0.2, -0.15) is 10.2 Å². The third-order valence-corrected chi connectivity index (χ3v) is 2.18. The van der Waals surface area contributed by atoms with Crippen LogP contribution < -0.4 is 4.90 Å². The molecule has 0 amide bonds. The minimum atomic E-state index is 0.171. The molecule has 4 nitrogen and oxygen atoms in total. The molecule has 0 spiro atoms. The van der Waals surface area contributed by atoms with Gasteiger partial charge in [0, 0.05) is 25.8 Å². The standard InChI is InChI=1S/C11H17N3O/c1-3-14(8-9-15)11-6-4-10(5-7-11)13-12-2/h4-7,15H,3,8-9H2,1-2H3. The highest BCUT2D eigenvalue weighted by molar-refractivity contribution is 5.52. The monoisotopic (exact) mass is 207 g/mol. The molecule has 15 heavy (non-hydrogen) atoms. The molecule has 0 unspecified atom stereocenters. The summed E-state index contributed by atoms with van der Waals surface area (Å²) in [4.78, 5) is 2.10. The lowest BCUT2D eigenvalue weighted by atomic mass is 10.2. The molecule has 0 aliphatic carbocycles. The summed E-state index contributed by atoms with van der Waals surface area (Å²) in [5.74, 6) is 0. The van der Waals surface area contributed by atoms with E-state index in [4.69, 9.17) is 5.11 Å². The number of hydrogen-bond acceptors (Lipinski definition) is 4. The zero-order valence-electron chi connectivity index (χ0n) is 9.22. The SMILES string of the molecule is CCN(CCO)c1ccc(N=NC)cc1. The van der Waals surface area contributed by atoms with E-state index >= 15 is 0 Å². The number of benzene rings is 1. The number of nitrogens with zero attached hydrogens (tertiary/aromatic N) is 3. The Morgan fingerprint density at radius 2 is 1.93 bits per heavy atom. The van der Waals surface area contributed by atoms with Gasteiger partial charge in [-0.25, -0.2) is 0 Å². The molecule has 0 atom stereocenters. The van der Waals surface area contributed by atoms with Crippen molar-refractivity contribution in [2.75, 3.05) is 31.6 Å². The van der Waals surface area contributed by atoms with Crippen LogP contribution in [-0.2, 0) is 0 Å². The Kier molecular flexibility index (Phi) is 4.77. The van der Waals surface area contributed by atoms with Gasteiger partial charge >= 0.3 is 0 Å². The predicted octanol–water partition coefficient (Wildman–Crippen LogP) is 2.22. The Morgan fingerprint density at radius 3 is 2.40 bits per heavy atom. The van der Waals surface area contributed by atoms with Crippen molar-refractivity contribution in [1.82, 2.24) is 0 Å². The maximum absolute atomic E-state index is 8.89. The van der Waals surface area contributed by atoms with Gasteiger partial charge in [0.15, 0.2) is 0 Å². The van der Waals surface area contributed by atoms with E-state index in [2.05, 4.69) is 22.1 Å². The number of hydrogen-bond donors (Lipinski definition) is 1. The normalized spacial score (nSPS) is 10.9. The van der Waals surface area contributed by atoms with Crippen molar-refractivity contribution in [3.8, 4) is 0 Å². The minimum absolute atomic E-state index is 0.171. The van der Waals surface area contributed by atoms with Crippen molar-refractivity contribution in [2.24, 2.45) is 10.2 Å². The molecule has 1 aromatic carbocycles. The van der Waals surface area contributed by atoms with Crippen LogP contribution in [0.25, 0.3) is 0 Å². The smallest absolute Gasteiger partial charge is 0.0853 e. The van der Waals surface area contributed by atoms with E-state index in [-0.39, 0.29) is 6.61 Å². The second kappa shape index (κ2) is 6.14. The van der Waals surface area contributed by atoms with E-state index in [1.807, 2.05) is 24.3 Å². The van der Waals surface area contributed by atoms with Crippen LogP contribution in [-0.4, -0.2) is 31.9 Å². The quantitative estimate of drug-likeness (QED) is 0.752. The molecule has 0 aromatic heterocycles. The van der Waals surface area contributed by atoms with E-state index in [0.29, 0.717) is 6.54 Å². The molecule has 0 fully saturated rings. The minimum Gasteiger partial charge on any atom is -0.395 e. The molecule has 0 aliphatic heterocycles. The third-order valence-electron chi connectivity index (χ3n) is 2.18. The van der Waals surface area contributed by atoms with Gasteiger partial charge in [-0.3, -0.25) is 0 Å². The lowest BCUT2D eigenvalue weighted by molar-refractivity contribution is 0.302. The molecular weight excluding hydrogens is 190 g/mol. The second-order valence-electron chi connectivity index (χ2n) is 3.12. The molecule has 0 saturated carbocycles. The first kappa shape index (κ1) is 11.7. The lowest BCUT2D eigenvalue weighted by Gasteiger charge is -2.21. The second-order valence-corrected chi connectivity index (χ2v) is 3.12. The van der Waals surface area contributed by atoms with E-state index in [1.54, 1.807) is 7.05 Å². The Hall–Kier alpha value is -1.42. The van der Waals surface area contributed by atoms with Crippen LogP contribution in [0.5, 0.6) is 0 Å². The zero-order chi connectivity index (χ0) is 11.1. The van der Waals surface area contributed by atoms with Crippen LogP contribution in [0.3, 0.4) is 0 Å². The van der Waals surface area contributed by atoms with Crippen LogP contribution in [0, 0.1) is 0 Å². The summed E-state index contributed by atoms with van der Waals surface area (Å²) in [6.07, 6.45) is 0. The maximum Gasteiger partial charge on any atom is 0.0853 e. The van der Waals surface area contributed by atoms with E-state index < -0.39 is 0 Å². The number of aliphatic hydroxyl groups is 1. The van der Waals surface area contributed by atoms with Gasteiger partial charge in [-0.05, 0) is 31.2 Å². The fourth-order valence-electron chi connectivity index (χ4n) is 1.44. The maximum atomic E-state index is 8.89. The number of likely N-dealkylation sites (N-methyl/N-ethyl adjacent to an activating group) is 1. The molecule has 0 saturated heterocycles. The van der Waals surface area contributed by atoms with Gasteiger partial charge in [0.1, 0.15) is 0 Å². The average Bonchev–Trinajstić information content (AvgIpc) is 2.28. The summed E-state index contributed by atoms with van der Waals surface area (Å²) < 4.78 is 0. The highest BCUT2D eigenvalue weighted by Gasteiger charge is 2.02. The molecule has 1 aromatic rings. The Labute approximate surface area is 90.3 Å². The summed E-state index contributed by atoms with van der Waals surface area (Å²) in [6, 6.07) is 7.82. The highest BCUT2D eigenvalue weighted by atomic mass is 16.3. The molecule has 1 rings (SSSR count). The van der Waals surface area contributed by atoms with Crippen LogP contribution in [0.15, 0.2) is 34.5 Å². The first-order chi connectivity index (χ1) is 7.31. The van der Waals surface area contributed by atoms with Crippen molar-refractivity contribution in [3.63, 3.8) is 0 Å². The molecule has 0 heterocycles. The topological polar surface area (TPSA) is 48.2 Å². The largest absolute Gasteiger partial charge is 0.395 e. The number of anilines is 1. The molecular formula is C11H17N3O. The van der Waals surface area contributed by atoms with Gasteiger partial charge in [0.25, 0.3) is 0 Å². The molecule has 0 aliphatic rings. The van der Waals surface area contributed by atoms with Crippen LogP contribution in [0.4, 0.5) is 11.4 Å². The van der Waals surface area contributed by atoms with Crippen molar-refractivity contribution < 1.29 is 5.11 Å². The number of aliphatic hydroxyl groups excluding tert-OH is 1. The van der Waals surface area contributed by atoms with Gasteiger partial charge in [0.05, 0.1) is 12.3 Å². The fraction of sp³-hybridized carbons (Fsp3) is 0.455. The van der Waals surface area contributed by atoms with Crippen molar-refractivity contribution in [2.45, 2.75) is 6.92 Å². The van der Waals surface area contributed by atoms with Crippen molar-refractivity contribution in [1.29, 1.82) is 0 Å². The first-order valence-corrected chi connectivity index (χ1v) is 5.07. The summed E-state index contributed by atoms with van der Waals surface area (Å²) in [5.41, 5.74) is 1.95. The molecule has 0 bridgehead atoms. The Bertz CT molecular complexity index is 308. The van der Waals surface area contributed by atoms with Crippen LogP contribution in [0.2, 0.25) is 0 Å². The molecule has 82 valence electrons. The van der Waals surface area contributed by atoms with Crippen molar-refractivity contribution >= 4 is 11.4 Å². The lowest BCUT2D eigenvalue weighted by Crippen LogP contribution is -2.25. The number of azo groups is 1. The molecule has 0 radical (unpaired) electrons. The van der Waals surface area contributed by atoms with Crippen LogP contribution >= 0.6 is 0 Å². The summed E-state index contributed by atoms with van der Waals surface area (Å²) in [5, 5.41) is 16.5. The first-order valence-electron chi connectivity index (χ1n) is 5.07. The highest BCUT2D eigenvalue weighted by Crippen LogP contribution is 2.19. The Balaban J connectivity index is 2.77. The molecule has 4 heteroatoms. The zero-order valence-corrected chi connectivity index (χ0v) is 9.22.